The van der Waals surface area contributed by atoms with Crippen LogP contribution in [-0.4, -0.2) is 46.1 Å². The van der Waals surface area contributed by atoms with Crippen molar-refractivity contribution in [2.45, 2.75) is 4.90 Å². The summed E-state index contributed by atoms with van der Waals surface area (Å²) in [6.07, 6.45) is 4.51. The normalized spacial score (nSPS) is 11.0. The third-order valence-electron chi connectivity index (χ3n) is 3.10. The summed E-state index contributed by atoms with van der Waals surface area (Å²) >= 11 is 5.86. The Morgan fingerprint density at radius 3 is 2.67 bits per heavy atom. The molecule has 11 nitrogen and oxygen atoms in total. The summed E-state index contributed by atoms with van der Waals surface area (Å²) in [7, 11) is -2.86. The van der Waals surface area contributed by atoms with E-state index in [0.717, 1.165) is 0 Å². The van der Waals surface area contributed by atoms with Crippen molar-refractivity contribution in [3.63, 3.8) is 0 Å². The Morgan fingerprint density at radius 1 is 1.22 bits per heavy atom. The van der Waals surface area contributed by atoms with Gasteiger partial charge in [-0.25, -0.2) is 22.9 Å². The van der Waals surface area contributed by atoms with Gasteiger partial charge in [-0.1, -0.05) is 23.7 Å². The molecule has 0 atom stereocenters. The van der Waals surface area contributed by atoms with Gasteiger partial charge in [-0.15, -0.1) is 0 Å². The number of imidazole rings is 1. The fraction of sp³-hybridized carbons (Fsp3) is 0.0714. The lowest BCUT2D eigenvalue weighted by molar-refractivity contribution is 0.256. The number of halogens is 1. The fourth-order valence-corrected chi connectivity index (χ4v) is 3.38. The first-order chi connectivity index (χ1) is 12.9. The molecule has 0 aliphatic heterocycles. The molecule has 13 heteroatoms. The van der Waals surface area contributed by atoms with Crippen molar-refractivity contribution >= 4 is 33.6 Å². The van der Waals surface area contributed by atoms with Gasteiger partial charge in [-0.2, -0.15) is 15.0 Å². The predicted molar refractivity (Wildman–Crippen MR) is 94.3 cm³/mol. The van der Waals surface area contributed by atoms with Crippen LogP contribution in [0, 0.1) is 0 Å². The van der Waals surface area contributed by atoms with Crippen LogP contribution in [0.5, 0.6) is 6.01 Å². The molecule has 3 aromatic rings. The highest BCUT2D eigenvalue weighted by Crippen LogP contribution is 2.20. The quantitative estimate of drug-likeness (QED) is 0.640. The number of hydrogen-bond donors (Lipinski definition) is 2. The molecule has 0 radical (unpaired) electrons. The molecule has 27 heavy (non-hydrogen) atoms. The lowest BCUT2D eigenvalue weighted by Gasteiger charge is -2.10. The first kappa shape index (κ1) is 18.5. The molecule has 0 saturated carbocycles. The number of hydrogen-bond acceptors (Lipinski definition) is 8. The second-order valence-electron chi connectivity index (χ2n) is 4.91. The molecule has 3 rings (SSSR count). The number of rotatable bonds is 5. The monoisotopic (exact) mass is 409 g/mol. The van der Waals surface area contributed by atoms with Gasteiger partial charge in [-0.3, -0.25) is 9.88 Å². The van der Waals surface area contributed by atoms with Crippen molar-refractivity contribution in [1.82, 2.24) is 29.2 Å². The molecule has 1 aromatic carbocycles. The molecule has 2 amide bonds. The zero-order chi connectivity index (χ0) is 19.4. The molecule has 140 valence electrons. The van der Waals surface area contributed by atoms with E-state index in [0.29, 0.717) is 0 Å². The van der Waals surface area contributed by atoms with Crippen LogP contribution >= 0.6 is 11.6 Å². The summed E-state index contributed by atoms with van der Waals surface area (Å²) in [5.74, 6) is -0.110. The van der Waals surface area contributed by atoms with Crippen molar-refractivity contribution in [2.24, 2.45) is 0 Å². The van der Waals surface area contributed by atoms with Gasteiger partial charge in [-0.05, 0) is 12.1 Å². The number of nitrogens with one attached hydrogen (secondary N) is 2. The Morgan fingerprint density at radius 2 is 2.00 bits per heavy atom. The number of ether oxygens (including phenoxy) is 1. The molecule has 0 fully saturated rings. The summed E-state index contributed by atoms with van der Waals surface area (Å²) in [6, 6.07) is 4.53. The topological polar surface area (TPSA) is 141 Å². The van der Waals surface area contributed by atoms with Gasteiger partial charge in [0.2, 0.25) is 11.9 Å². The van der Waals surface area contributed by atoms with Crippen molar-refractivity contribution in [3.8, 4) is 12.0 Å². The third-order valence-corrected chi connectivity index (χ3v) is 4.93. The van der Waals surface area contributed by atoms with Gasteiger partial charge in [0.25, 0.3) is 10.0 Å². The smallest absolute Gasteiger partial charge is 0.335 e. The molecule has 0 bridgehead atoms. The largest absolute Gasteiger partial charge is 0.467 e. The van der Waals surface area contributed by atoms with Crippen molar-refractivity contribution in [1.29, 1.82) is 0 Å². The molecule has 2 N–H and O–H groups in total. The van der Waals surface area contributed by atoms with Gasteiger partial charge in [0.1, 0.15) is 11.2 Å². The lowest BCUT2D eigenvalue weighted by Crippen LogP contribution is -2.35. The second kappa shape index (κ2) is 7.55. The summed E-state index contributed by atoms with van der Waals surface area (Å²) in [4.78, 5) is 27.6. The molecule has 0 aliphatic rings. The number of carbonyl (C=O) groups is 1. The first-order valence-corrected chi connectivity index (χ1v) is 9.12. The highest BCUT2D eigenvalue weighted by Gasteiger charge is 2.21. The number of nitrogens with zero attached hydrogens (tertiary/aromatic N) is 5. The SMILES string of the molecule is COc1nc(NC(=O)NS(=O)(=O)c2ccccc2Cl)nc(-n2ccnc2)n1. The Bertz CT molecular complexity index is 1070. The molecular weight excluding hydrogens is 398 g/mol. The van der Waals surface area contributed by atoms with Crippen LogP contribution in [-0.2, 0) is 10.0 Å². The zero-order valence-corrected chi connectivity index (χ0v) is 15.3. The molecule has 0 aliphatic carbocycles. The van der Waals surface area contributed by atoms with Crippen molar-refractivity contribution < 1.29 is 17.9 Å². The van der Waals surface area contributed by atoms with E-state index in [-0.39, 0.29) is 27.8 Å². The first-order valence-electron chi connectivity index (χ1n) is 7.26. The van der Waals surface area contributed by atoms with Gasteiger partial charge in [0, 0.05) is 12.4 Å². The predicted octanol–water partition coefficient (Wildman–Crippen LogP) is 1.23. The minimum Gasteiger partial charge on any atom is -0.467 e. The van der Waals surface area contributed by atoms with E-state index in [1.807, 2.05) is 4.72 Å². The van der Waals surface area contributed by atoms with Crippen molar-refractivity contribution in [3.05, 3.63) is 48.0 Å². The third kappa shape index (κ3) is 4.30. The number of sulfonamides is 1. The maximum absolute atomic E-state index is 12.3. The van der Waals surface area contributed by atoms with Gasteiger partial charge in [0.15, 0.2) is 0 Å². The zero-order valence-electron chi connectivity index (χ0n) is 13.7. The van der Waals surface area contributed by atoms with E-state index >= 15 is 0 Å². The van der Waals surface area contributed by atoms with Crippen LogP contribution in [0.25, 0.3) is 5.95 Å². The number of anilines is 1. The van der Waals surface area contributed by atoms with E-state index in [9.17, 15) is 13.2 Å². The molecule has 0 unspecified atom stereocenters. The Hall–Kier alpha value is -3.25. The summed E-state index contributed by atoms with van der Waals surface area (Å²) in [5.41, 5.74) is 0. The van der Waals surface area contributed by atoms with Crippen LogP contribution in [0.1, 0.15) is 0 Å². The molecule has 0 saturated heterocycles. The number of aromatic nitrogens is 5. The highest BCUT2D eigenvalue weighted by molar-refractivity contribution is 7.90. The van der Waals surface area contributed by atoms with E-state index in [4.69, 9.17) is 16.3 Å². The maximum Gasteiger partial charge on any atom is 0.335 e. The number of urea groups is 1. The summed E-state index contributed by atoms with van der Waals surface area (Å²) in [6.45, 7) is 0. The molecule has 2 aromatic heterocycles. The standard InChI is InChI=1S/C14H12ClN7O4S/c1-26-14-19-11(17-12(20-14)22-7-6-16-8-22)18-13(23)21-27(24,25)10-5-3-2-4-9(10)15/h2-8H,1H3,(H2,17,18,19,20,21,23). The number of amides is 2. The van der Waals surface area contributed by atoms with E-state index < -0.39 is 16.1 Å². The minimum atomic E-state index is -4.19. The molecule has 2 heterocycles. The Balaban J connectivity index is 1.82. The van der Waals surface area contributed by atoms with E-state index in [1.54, 1.807) is 12.3 Å². The number of benzene rings is 1. The Kier molecular flexibility index (Phi) is 5.19. The summed E-state index contributed by atoms with van der Waals surface area (Å²) < 4.78 is 32.8. The maximum atomic E-state index is 12.3. The minimum absolute atomic E-state index is 0.0259. The van der Waals surface area contributed by atoms with Gasteiger partial charge < -0.3 is 4.74 Å². The summed E-state index contributed by atoms with van der Waals surface area (Å²) in [5, 5.41) is 2.19. The van der Waals surface area contributed by atoms with Crippen LogP contribution in [0.2, 0.25) is 5.02 Å². The number of carbonyl (C=O) groups excluding carboxylic acids is 1. The Labute approximate surface area is 158 Å². The van der Waals surface area contributed by atoms with Gasteiger partial charge >= 0.3 is 12.0 Å². The molecule has 0 spiro atoms. The lowest BCUT2D eigenvalue weighted by atomic mass is 10.4. The molecular formula is C14H12ClN7O4S. The number of methoxy groups -OCH3 is 1. The van der Waals surface area contributed by atoms with Crippen LogP contribution in [0.4, 0.5) is 10.7 Å². The highest BCUT2D eigenvalue weighted by atomic mass is 35.5. The fourth-order valence-electron chi connectivity index (χ4n) is 1.95. The van der Waals surface area contributed by atoms with Crippen LogP contribution in [0.3, 0.4) is 0 Å². The van der Waals surface area contributed by atoms with E-state index in [2.05, 4.69) is 25.3 Å². The van der Waals surface area contributed by atoms with Crippen LogP contribution < -0.4 is 14.8 Å². The average molecular weight is 410 g/mol. The second-order valence-corrected chi connectivity index (χ2v) is 6.96. The van der Waals surface area contributed by atoms with Gasteiger partial charge in [0.05, 0.1) is 12.1 Å². The van der Waals surface area contributed by atoms with Crippen molar-refractivity contribution in [2.75, 3.05) is 12.4 Å². The van der Waals surface area contributed by atoms with E-state index in [1.165, 1.54) is 42.4 Å². The van der Waals surface area contributed by atoms with Crippen LogP contribution in [0.15, 0.2) is 47.9 Å². The average Bonchev–Trinajstić information content (AvgIpc) is 3.15.